The minimum atomic E-state index is -0.556. The van der Waals surface area contributed by atoms with E-state index >= 15 is 0 Å². The van der Waals surface area contributed by atoms with E-state index in [9.17, 15) is 4.79 Å². The number of carbonyl (C=O) groups is 1. The van der Waals surface area contributed by atoms with Gasteiger partial charge in [0, 0.05) is 11.9 Å². The molecule has 1 atom stereocenters. The van der Waals surface area contributed by atoms with Crippen molar-refractivity contribution in [2.45, 2.75) is 18.9 Å². The zero-order valence-electron chi connectivity index (χ0n) is 13.4. The lowest BCUT2D eigenvalue weighted by atomic mass is 9.92. The van der Waals surface area contributed by atoms with Crippen molar-refractivity contribution in [3.8, 4) is 22.6 Å². The molecular formula is C17H17N3O3S. The summed E-state index contributed by atoms with van der Waals surface area (Å²) in [4.78, 5) is 14.5. The van der Waals surface area contributed by atoms with E-state index < -0.39 is 5.54 Å². The van der Waals surface area contributed by atoms with Gasteiger partial charge in [-0.3, -0.25) is 15.1 Å². The predicted molar refractivity (Wildman–Crippen MR) is 91.5 cm³/mol. The molecule has 2 aromatic rings. The SMILES string of the molecule is CN1C(=N)N[C@](C)(c2cc(-c3ccc4c(c3)OCO4)cs2)CC1=O. The Morgan fingerprint density at radius 1 is 1.25 bits per heavy atom. The van der Waals surface area contributed by atoms with E-state index in [1.165, 1.54) is 4.90 Å². The molecule has 2 N–H and O–H groups in total. The Hall–Kier alpha value is -2.54. The summed E-state index contributed by atoms with van der Waals surface area (Å²) in [6.07, 6.45) is 0.326. The second-order valence-electron chi connectivity index (χ2n) is 6.20. The monoisotopic (exact) mass is 343 g/mol. The van der Waals surface area contributed by atoms with Crippen molar-refractivity contribution >= 4 is 23.2 Å². The molecule has 0 bridgehead atoms. The highest BCUT2D eigenvalue weighted by Gasteiger charge is 2.38. The number of rotatable bonds is 2. The van der Waals surface area contributed by atoms with Crippen LogP contribution in [0.15, 0.2) is 29.6 Å². The van der Waals surface area contributed by atoms with Gasteiger partial charge in [0.25, 0.3) is 0 Å². The number of thiophene rings is 1. The van der Waals surface area contributed by atoms with Crippen LogP contribution in [0.5, 0.6) is 11.5 Å². The van der Waals surface area contributed by atoms with Gasteiger partial charge in [0.1, 0.15) is 0 Å². The van der Waals surface area contributed by atoms with Crippen LogP contribution in [-0.2, 0) is 10.3 Å². The number of nitrogens with zero attached hydrogens (tertiary/aromatic N) is 1. The minimum absolute atomic E-state index is 0.0562. The first-order chi connectivity index (χ1) is 11.5. The van der Waals surface area contributed by atoms with Crippen LogP contribution in [-0.4, -0.2) is 30.6 Å². The van der Waals surface area contributed by atoms with E-state index in [0.29, 0.717) is 6.42 Å². The fraction of sp³-hybridized carbons (Fsp3) is 0.294. The predicted octanol–water partition coefficient (Wildman–Crippen LogP) is 2.75. The third kappa shape index (κ3) is 2.32. The van der Waals surface area contributed by atoms with E-state index in [1.54, 1.807) is 18.4 Å². The molecule has 1 saturated heterocycles. The molecule has 1 amide bonds. The average molecular weight is 343 g/mol. The minimum Gasteiger partial charge on any atom is -0.454 e. The van der Waals surface area contributed by atoms with E-state index in [-0.39, 0.29) is 18.7 Å². The van der Waals surface area contributed by atoms with Gasteiger partial charge in [-0.25, -0.2) is 0 Å². The highest BCUT2D eigenvalue weighted by molar-refractivity contribution is 7.10. The number of hydrogen-bond acceptors (Lipinski definition) is 5. The Bertz CT molecular complexity index is 827. The van der Waals surface area contributed by atoms with E-state index in [1.807, 2.05) is 25.1 Å². The third-order valence-electron chi connectivity index (χ3n) is 4.46. The van der Waals surface area contributed by atoms with Crippen molar-refractivity contribution in [2.24, 2.45) is 0 Å². The molecule has 1 aromatic carbocycles. The first-order valence-electron chi connectivity index (χ1n) is 7.59. The molecule has 0 spiro atoms. The van der Waals surface area contributed by atoms with Gasteiger partial charge in [0.15, 0.2) is 17.5 Å². The van der Waals surface area contributed by atoms with Crippen molar-refractivity contribution in [2.75, 3.05) is 13.8 Å². The first kappa shape index (κ1) is 15.0. The topological polar surface area (TPSA) is 74.7 Å². The number of guanidine groups is 1. The van der Waals surface area contributed by atoms with E-state index in [0.717, 1.165) is 27.5 Å². The van der Waals surface area contributed by atoms with Gasteiger partial charge in [-0.2, -0.15) is 0 Å². The van der Waals surface area contributed by atoms with Crippen LogP contribution in [0.1, 0.15) is 18.2 Å². The molecule has 3 heterocycles. The normalized spacial score (nSPS) is 22.7. The molecule has 7 heteroatoms. The highest BCUT2D eigenvalue weighted by atomic mass is 32.1. The average Bonchev–Trinajstić information content (AvgIpc) is 3.21. The van der Waals surface area contributed by atoms with Crippen molar-refractivity contribution in [3.05, 3.63) is 34.5 Å². The Labute approximate surface area is 143 Å². The molecule has 0 saturated carbocycles. The maximum Gasteiger partial charge on any atom is 0.231 e. The number of amides is 1. The highest BCUT2D eigenvalue weighted by Crippen LogP contribution is 2.39. The number of carbonyl (C=O) groups excluding carboxylic acids is 1. The van der Waals surface area contributed by atoms with E-state index in [2.05, 4.69) is 16.8 Å². The molecule has 4 rings (SSSR count). The Morgan fingerprint density at radius 3 is 2.83 bits per heavy atom. The number of fused-ring (bicyclic) bond motifs is 1. The van der Waals surface area contributed by atoms with Crippen LogP contribution in [0.4, 0.5) is 0 Å². The molecule has 0 radical (unpaired) electrons. The van der Waals surface area contributed by atoms with Crippen LogP contribution in [0.25, 0.3) is 11.1 Å². The van der Waals surface area contributed by atoms with Crippen LogP contribution < -0.4 is 14.8 Å². The summed E-state index contributed by atoms with van der Waals surface area (Å²) < 4.78 is 10.8. The Kier molecular flexibility index (Phi) is 3.28. The zero-order chi connectivity index (χ0) is 16.9. The number of nitrogens with one attached hydrogen (secondary N) is 2. The molecule has 24 heavy (non-hydrogen) atoms. The second kappa shape index (κ2) is 5.24. The van der Waals surface area contributed by atoms with Gasteiger partial charge in [0.2, 0.25) is 12.7 Å². The Balaban J connectivity index is 1.65. The summed E-state index contributed by atoms with van der Waals surface area (Å²) in [6, 6.07) is 7.94. The largest absolute Gasteiger partial charge is 0.454 e. The maximum absolute atomic E-state index is 12.1. The molecule has 0 aliphatic carbocycles. The van der Waals surface area contributed by atoms with Crippen molar-refractivity contribution < 1.29 is 14.3 Å². The van der Waals surface area contributed by atoms with Crippen LogP contribution in [0.2, 0.25) is 0 Å². The van der Waals surface area contributed by atoms with Crippen LogP contribution in [0, 0.1) is 5.41 Å². The molecule has 2 aliphatic rings. The number of ether oxygens (including phenoxy) is 2. The van der Waals surface area contributed by atoms with Crippen LogP contribution in [0.3, 0.4) is 0 Å². The summed E-state index contributed by atoms with van der Waals surface area (Å²) in [7, 11) is 1.61. The molecule has 6 nitrogen and oxygen atoms in total. The van der Waals surface area contributed by atoms with Gasteiger partial charge >= 0.3 is 0 Å². The fourth-order valence-corrected chi connectivity index (χ4v) is 3.97. The lowest BCUT2D eigenvalue weighted by molar-refractivity contribution is -0.129. The summed E-state index contributed by atoms with van der Waals surface area (Å²) in [5.41, 5.74) is 1.55. The molecule has 1 fully saturated rings. The summed E-state index contributed by atoms with van der Waals surface area (Å²) in [6.45, 7) is 2.22. The standard InChI is InChI=1S/C17H17N3O3S/c1-17(7-15(21)20(2)16(18)19-17)14-6-11(8-24-14)10-3-4-12-13(5-10)23-9-22-12/h3-6,8H,7,9H2,1-2H3,(H2,18,19)/t17-/m0/s1. The summed E-state index contributed by atoms with van der Waals surface area (Å²) in [5.74, 6) is 1.59. The van der Waals surface area contributed by atoms with Gasteiger partial charge in [-0.05, 0) is 41.6 Å². The van der Waals surface area contributed by atoms with Gasteiger partial charge < -0.3 is 14.8 Å². The quantitative estimate of drug-likeness (QED) is 0.879. The van der Waals surface area contributed by atoms with Gasteiger partial charge in [0.05, 0.1) is 12.0 Å². The van der Waals surface area contributed by atoms with Crippen molar-refractivity contribution in [3.63, 3.8) is 0 Å². The van der Waals surface area contributed by atoms with Crippen molar-refractivity contribution in [1.82, 2.24) is 10.2 Å². The zero-order valence-corrected chi connectivity index (χ0v) is 14.2. The fourth-order valence-electron chi connectivity index (χ4n) is 2.94. The molecular weight excluding hydrogens is 326 g/mol. The third-order valence-corrected chi connectivity index (χ3v) is 5.65. The lowest BCUT2D eigenvalue weighted by Crippen LogP contribution is -2.57. The van der Waals surface area contributed by atoms with Gasteiger partial charge in [-0.1, -0.05) is 6.07 Å². The molecule has 0 unspecified atom stereocenters. The summed E-state index contributed by atoms with van der Waals surface area (Å²) >= 11 is 1.59. The maximum atomic E-state index is 12.1. The number of hydrogen-bond donors (Lipinski definition) is 2. The van der Waals surface area contributed by atoms with Crippen LogP contribution >= 0.6 is 11.3 Å². The summed E-state index contributed by atoms with van der Waals surface area (Å²) in [5, 5.41) is 13.2. The number of benzene rings is 1. The van der Waals surface area contributed by atoms with Gasteiger partial charge in [-0.15, -0.1) is 11.3 Å². The van der Waals surface area contributed by atoms with Crippen molar-refractivity contribution in [1.29, 1.82) is 5.41 Å². The molecule has 1 aromatic heterocycles. The molecule has 2 aliphatic heterocycles. The Morgan fingerprint density at radius 2 is 2.04 bits per heavy atom. The first-order valence-corrected chi connectivity index (χ1v) is 8.46. The second-order valence-corrected chi connectivity index (χ2v) is 7.11. The smallest absolute Gasteiger partial charge is 0.231 e. The molecule has 124 valence electrons. The lowest BCUT2D eigenvalue weighted by Gasteiger charge is -2.38. The van der Waals surface area contributed by atoms with E-state index in [4.69, 9.17) is 14.9 Å².